The van der Waals surface area contributed by atoms with Gasteiger partial charge in [-0.05, 0) is 61.6 Å². The second-order valence-electron chi connectivity index (χ2n) is 5.38. The highest BCUT2D eigenvalue weighted by Gasteiger charge is 2.12. The van der Waals surface area contributed by atoms with Crippen LogP contribution in [0.2, 0.25) is 0 Å². The molecule has 2 rings (SSSR count). The Morgan fingerprint density at radius 1 is 1.24 bits per heavy atom. The number of hydrogen-bond acceptors (Lipinski definition) is 1. The van der Waals surface area contributed by atoms with Crippen molar-refractivity contribution in [1.82, 2.24) is 0 Å². The summed E-state index contributed by atoms with van der Waals surface area (Å²) in [6.45, 7) is 3.91. The van der Waals surface area contributed by atoms with Crippen LogP contribution < -0.4 is 0 Å². The molecule has 0 amide bonds. The summed E-state index contributed by atoms with van der Waals surface area (Å²) in [4.78, 5) is 11.0. The number of Topliss-reactive ketones (excluding diaryl/α,β-unsaturated/α-hetero) is 1. The third kappa shape index (κ3) is 3.18. The predicted molar refractivity (Wildman–Crippen MR) is 71.4 cm³/mol. The first-order chi connectivity index (χ1) is 8.16. The molecule has 1 atom stereocenters. The van der Waals surface area contributed by atoms with Crippen molar-refractivity contribution in [2.75, 3.05) is 0 Å². The highest BCUT2D eigenvalue weighted by molar-refractivity contribution is 5.75. The van der Waals surface area contributed by atoms with Crippen molar-refractivity contribution in [2.24, 2.45) is 0 Å². The minimum Gasteiger partial charge on any atom is -0.300 e. The molecule has 1 aliphatic rings. The van der Waals surface area contributed by atoms with Crippen molar-refractivity contribution in [2.45, 2.75) is 58.3 Å². The van der Waals surface area contributed by atoms with Gasteiger partial charge in [-0.15, -0.1) is 0 Å². The molecule has 0 spiro atoms. The van der Waals surface area contributed by atoms with Gasteiger partial charge in [0.2, 0.25) is 0 Å². The van der Waals surface area contributed by atoms with Crippen molar-refractivity contribution < 1.29 is 4.79 Å². The molecule has 0 aliphatic heterocycles. The largest absolute Gasteiger partial charge is 0.300 e. The maximum atomic E-state index is 11.0. The fraction of sp³-hybridized carbons (Fsp3) is 0.562. The molecule has 1 unspecified atom stereocenters. The van der Waals surface area contributed by atoms with E-state index in [4.69, 9.17) is 0 Å². The lowest BCUT2D eigenvalue weighted by Crippen LogP contribution is -2.05. The molecule has 92 valence electrons. The lowest BCUT2D eigenvalue weighted by molar-refractivity contribution is -0.117. The molecule has 0 fully saturated rings. The SMILES string of the molecule is CC(=O)CCC(C)c1ccc2c(c1)CCCC2. The number of carbonyl (C=O) groups is 1. The molecule has 1 nitrogen and oxygen atoms in total. The molecule has 0 N–H and O–H groups in total. The van der Waals surface area contributed by atoms with Crippen LogP contribution in [0.25, 0.3) is 0 Å². The Morgan fingerprint density at radius 2 is 1.94 bits per heavy atom. The number of benzene rings is 1. The van der Waals surface area contributed by atoms with Crippen LogP contribution in [-0.4, -0.2) is 5.78 Å². The van der Waals surface area contributed by atoms with Crippen molar-refractivity contribution in [3.63, 3.8) is 0 Å². The van der Waals surface area contributed by atoms with E-state index < -0.39 is 0 Å². The van der Waals surface area contributed by atoms with E-state index in [1.54, 1.807) is 18.1 Å². The quantitative estimate of drug-likeness (QED) is 0.763. The summed E-state index contributed by atoms with van der Waals surface area (Å²) < 4.78 is 0. The summed E-state index contributed by atoms with van der Waals surface area (Å²) in [6, 6.07) is 6.93. The van der Waals surface area contributed by atoms with Gasteiger partial charge in [0.1, 0.15) is 5.78 Å². The summed E-state index contributed by atoms with van der Waals surface area (Å²) in [5.74, 6) is 0.806. The molecule has 1 aromatic rings. The van der Waals surface area contributed by atoms with E-state index in [9.17, 15) is 4.79 Å². The second-order valence-corrected chi connectivity index (χ2v) is 5.38. The minimum absolute atomic E-state index is 0.301. The molecule has 0 radical (unpaired) electrons. The Hall–Kier alpha value is -1.11. The van der Waals surface area contributed by atoms with Gasteiger partial charge in [-0.25, -0.2) is 0 Å². The van der Waals surface area contributed by atoms with Gasteiger partial charge in [-0.2, -0.15) is 0 Å². The normalized spacial score (nSPS) is 16.4. The molecule has 0 heterocycles. The van der Waals surface area contributed by atoms with Crippen LogP contribution in [-0.2, 0) is 17.6 Å². The van der Waals surface area contributed by atoms with Crippen molar-refractivity contribution in [3.05, 3.63) is 34.9 Å². The summed E-state index contributed by atoms with van der Waals surface area (Å²) in [5, 5.41) is 0. The zero-order chi connectivity index (χ0) is 12.3. The first kappa shape index (κ1) is 12.3. The predicted octanol–water partition coefficient (Wildman–Crippen LogP) is 4.04. The molecule has 0 saturated heterocycles. The number of hydrogen-bond donors (Lipinski definition) is 0. The van der Waals surface area contributed by atoms with Crippen LogP contribution >= 0.6 is 0 Å². The van der Waals surface area contributed by atoms with Gasteiger partial charge in [-0.1, -0.05) is 25.1 Å². The maximum absolute atomic E-state index is 11.0. The Bertz CT molecular complexity index is 406. The maximum Gasteiger partial charge on any atom is 0.129 e. The number of rotatable bonds is 4. The lowest BCUT2D eigenvalue weighted by atomic mass is 9.87. The molecule has 1 heteroatoms. The van der Waals surface area contributed by atoms with Crippen molar-refractivity contribution in [3.8, 4) is 0 Å². The van der Waals surface area contributed by atoms with Crippen LogP contribution in [0, 0.1) is 0 Å². The van der Waals surface area contributed by atoms with Crippen LogP contribution in [0.5, 0.6) is 0 Å². The smallest absolute Gasteiger partial charge is 0.129 e. The molecule has 1 aromatic carbocycles. The summed E-state index contributed by atoms with van der Waals surface area (Å²) in [5.41, 5.74) is 4.49. The van der Waals surface area contributed by atoms with Crippen molar-refractivity contribution in [1.29, 1.82) is 0 Å². The standard InChI is InChI=1S/C16H22O/c1-12(7-8-13(2)17)15-10-9-14-5-3-4-6-16(14)11-15/h9-12H,3-8H2,1-2H3. The monoisotopic (exact) mass is 230 g/mol. The van der Waals surface area contributed by atoms with Gasteiger partial charge in [-0.3, -0.25) is 0 Å². The molecule has 17 heavy (non-hydrogen) atoms. The third-order valence-electron chi connectivity index (χ3n) is 3.87. The average molecular weight is 230 g/mol. The van der Waals surface area contributed by atoms with Crippen LogP contribution in [0.1, 0.15) is 62.1 Å². The summed E-state index contributed by atoms with van der Waals surface area (Å²) >= 11 is 0. The molecule has 0 aromatic heterocycles. The molecular weight excluding hydrogens is 208 g/mol. The zero-order valence-corrected chi connectivity index (χ0v) is 11.0. The van der Waals surface area contributed by atoms with E-state index in [1.807, 2.05) is 0 Å². The van der Waals surface area contributed by atoms with Gasteiger partial charge in [0.05, 0.1) is 0 Å². The Balaban J connectivity index is 2.08. The van der Waals surface area contributed by atoms with Gasteiger partial charge in [0.15, 0.2) is 0 Å². The molecular formula is C16H22O. The number of carbonyl (C=O) groups excluding carboxylic acids is 1. The Kier molecular flexibility index (Phi) is 3.98. The third-order valence-corrected chi connectivity index (χ3v) is 3.87. The van der Waals surface area contributed by atoms with Crippen LogP contribution in [0.15, 0.2) is 18.2 Å². The van der Waals surface area contributed by atoms with E-state index in [0.29, 0.717) is 18.1 Å². The Labute approximate surface area is 104 Å². The lowest BCUT2D eigenvalue weighted by Gasteiger charge is -2.19. The second kappa shape index (κ2) is 5.48. The van der Waals surface area contributed by atoms with E-state index in [-0.39, 0.29) is 0 Å². The molecule has 0 bridgehead atoms. The highest BCUT2D eigenvalue weighted by atomic mass is 16.1. The van der Waals surface area contributed by atoms with Crippen molar-refractivity contribution >= 4 is 5.78 Å². The summed E-state index contributed by atoms with van der Waals surface area (Å²) in [6.07, 6.45) is 6.84. The van der Waals surface area contributed by atoms with E-state index in [0.717, 1.165) is 6.42 Å². The van der Waals surface area contributed by atoms with E-state index in [1.165, 1.54) is 31.2 Å². The minimum atomic E-state index is 0.301. The van der Waals surface area contributed by atoms with Gasteiger partial charge < -0.3 is 4.79 Å². The van der Waals surface area contributed by atoms with Gasteiger partial charge in [0, 0.05) is 6.42 Å². The summed E-state index contributed by atoms with van der Waals surface area (Å²) in [7, 11) is 0. The molecule has 1 aliphatic carbocycles. The van der Waals surface area contributed by atoms with Gasteiger partial charge in [0.25, 0.3) is 0 Å². The molecule has 0 saturated carbocycles. The van der Waals surface area contributed by atoms with Gasteiger partial charge >= 0.3 is 0 Å². The fourth-order valence-electron chi connectivity index (χ4n) is 2.65. The Morgan fingerprint density at radius 3 is 2.65 bits per heavy atom. The fourth-order valence-corrected chi connectivity index (χ4v) is 2.65. The van der Waals surface area contributed by atoms with E-state index >= 15 is 0 Å². The number of aryl methyl sites for hydroxylation is 2. The van der Waals surface area contributed by atoms with Crippen LogP contribution in [0.3, 0.4) is 0 Å². The zero-order valence-electron chi connectivity index (χ0n) is 11.0. The van der Waals surface area contributed by atoms with E-state index in [2.05, 4.69) is 25.1 Å². The first-order valence-electron chi connectivity index (χ1n) is 6.78. The van der Waals surface area contributed by atoms with Crippen LogP contribution in [0.4, 0.5) is 0 Å². The number of ketones is 1. The average Bonchev–Trinajstić information content (AvgIpc) is 2.35. The number of fused-ring (bicyclic) bond motifs is 1. The first-order valence-corrected chi connectivity index (χ1v) is 6.78. The topological polar surface area (TPSA) is 17.1 Å². The highest BCUT2D eigenvalue weighted by Crippen LogP contribution is 2.27.